The van der Waals surface area contributed by atoms with Gasteiger partial charge in [-0.3, -0.25) is 9.59 Å². The molecule has 0 heterocycles. The fourth-order valence-electron chi connectivity index (χ4n) is 5.33. The van der Waals surface area contributed by atoms with Crippen molar-refractivity contribution in [2.45, 2.75) is 70.1 Å². The first-order valence-electron chi connectivity index (χ1n) is 11.6. The zero-order valence-electron chi connectivity index (χ0n) is 18.0. The van der Waals surface area contributed by atoms with Crippen LogP contribution in [0.5, 0.6) is 0 Å². The van der Waals surface area contributed by atoms with Crippen molar-refractivity contribution >= 4 is 11.6 Å². The lowest BCUT2D eigenvalue weighted by Gasteiger charge is -2.28. The quantitative estimate of drug-likeness (QED) is 0.256. The minimum Gasteiger partial charge on any atom is -0.292 e. The van der Waals surface area contributed by atoms with Crippen LogP contribution in [0.2, 0.25) is 0 Å². The summed E-state index contributed by atoms with van der Waals surface area (Å²) in [5, 5.41) is 0. The van der Waals surface area contributed by atoms with Crippen LogP contribution in [-0.2, 0) is 5.41 Å². The van der Waals surface area contributed by atoms with Gasteiger partial charge in [-0.05, 0) is 36.3 Å². The summed E-state index contributed by atoms with van der Waals surface area (Å²) in [4.78, 5) is 27.4. The van der Waals surface area contributed by atoms with Crippen LogP contribution >= 0.6 is 0 Å². The fourth-order valence-corrected chi connectivity index (χ4v) is 5.33. The number of unbranched alkanes of at least 4 members (excludes halogenated alkanes) is 5. The van der Waals surface area contributed by atoms with Crippen molar-refractivity contribution in [2.75, 3.05) is 0 Å². The van der Waals surface area contributed by atoms with Gasteiger partial charge in [-0.25, -0.2) is 0 Å². The van der Waals surface area contributed by atoms with E-state index < -0.39 is 5.41 Å². The van der Waals surface area contributed by atoms with Crippen molar-refractivity contribution in [3.8, 4) is 0 Å². The summed E-state index contributed by atoms with van der Waals surface area (Å²) < 4.78 is 0. The molecule has 2 aromatic carbocycles. The first kappa shape index (κ1) is 20.8. The fraction of sp³-hybridized carbons (Fsp3) is 0.429. The Bertz CT molecular complexity index is 903. The lowest BCUT2D eigenvalue weighted by Crippen LogP contribution is -2.40. The summed E-state index contributed by atoms with van der Waals surface area (Å²) in [5.41, 5.74) is 1.85. The molecule has 2 heteroatoms. The zero-order chi connectivity index (χ0) is 21.0. The molecular formula is C28H32O2. The largest absolute Gasteiger partial charge is 0.292 e. The average Bonchev–Trinajstić information content (AvgIpc) is 3.34. The molecule has 1 unspecified atom stereocenters. The lowest BCUT2D eigenvalue weighted by atomic mass is 9.70. The van der Waals surface area contributed by atoms with Crippen LogP contribution in [0.25, 0.3) is 0 Å². The van der Waals surface area contributed by atoms with Crippen LogP contribution in [0.15, 0.2) is 66.2 Å². The van der Waals surface area contributed by atoms with E-state index in [1.165, 1.54) is 38.5 Å². The maximum Gasteiger partial charge on any atom is 0.186 e. The number of fused-ring (bicyclic) bond motifs is 1. The Hall–Kier alpha value is -2.48. The van der Waals surface area contributed by atoms with Gasteiger partial charge in [0.05, 0.1) is 0 Å². The smallest absolute Gasteiger partial charge is 0.186 e. The minimum atomic E-state index is -1.15. The molecular weight excluding hydrogens is 368 g/mol. The number of ketones is 2. The zero-order valence-corrected chi connectivity index (χ0v) is 18.0. The number of benzene rings is 2. The van der Waals surface area contributed by atoms with Crippen LogP contribution in [0, 0.1) is 5.92 Å². The first-order valence-corrected chi connectivity index (χ1v) is 11.6. The second-order valence-electron chi connectivity index (χ2n) is 8.87. The summed E-state index contributed by atoms with van der Waals surface area (Å²) in [6, 6.07) is 17.0. The van der Waals surface area contributed by atoms with Gasteiger partial charge in [-0.15, -0.1) is 0 Å². The Morgan fingerprint density at radius 3 is 2.07 bits per heavy atom. The Labute approximate surface area is 180 Å². The van der Waals surface area contributed by atoms with Crippen LogP contribution in [-0.4, -0.2) is 11.6 Å². The highest BCUT2D eigenvalue weighted by Crippen LogP contribution is 2.49. The van der Waals surface area contributed by atoms with Gasteiger partial charge in [0.1, 0.15) is 5.41 Å². The highest BCUT2D eigenvalue weighted by Gasteiger charge is 2.56. The predicted molar refractivity (Wildman–Crippen MR) is 122 cm³/mol. The lowest BCUT2D eigenvalue weighted by molar-refractivity contribution is 0.0824. The Morgan fingerprint density at radius 2 is 1.40 bits per heavy atom. The maximum absolute atomic E-state index is 13.7. The molecule has 0 spiro atoms. The van der Waals surface area contributed by atoms with Crippen LogP contribution < -0.4 is 0 Å². The molecule has 2 aromatic rings. The summed E-state index contributed by atoms with van der Waals surface area (Å²) in [7, 11) is 0. The molecule has 30 heavy (non-hydrogen) atoms. The van der Waals surface area contributed by atoms with E-state index >= 15 is 0 Å². The third-order valence-corrected chi connectivity index (χ3v) is 6.94. The number of allylic oxidation sites excluding steroid dienone is 2. The van der Waals surface area contributed by atoms with Gasteiger partial charge < -0.3 is 0 Å². The standard InChI is InChI=1S/C28H32O2/c1-2-3-4-5-6-8-13-21-18-19-23(20-21)28(22-14-9-7-10-15-22)26(29)24-16-11-12-17-25(24)27(28)30/h7,9-12,14-17,20-21H,2-6,8,13,18-19H2,1H3. The van der Waals surface area contributed by atoms with E-state index in [1.807, 2.05) is 54.6 Å². The Morgan fingerprint density at radius 1 is 0.800 bits per heavy atom. The van der Waals surface area contributed by atoms with E-state index in [1.54, 1.807) is 0 Å². The van der Waals surface area contributed by atoms with Crippen molar-refractivity contribution in [1.82, 2.24) is 0 Å². The van der Waals surface area contributed by atoms with Crippen LogP contribution in [0.4, 0.5) is 0 Å². The van der Waals surface area contributed by atoms with Gasteiger partial charge >= 0.3 is 0 Å². The van der Waals surface area contributed by atoms with E-state index in [2.05, 4.69) is 13.0 Å². The Kier molecular flexibility index (Phi) is 6.32. The van der Waals surface area contributed by atoms with E-state index in [-0.39, 0.29) is 11.6 Å². The number of Topliss-reactive ketones (excluding diaryl/α,β-unsaturated/α-hetero) is 2. The number of carbonyl (C=O) groups excluding carboxylic acids is 2. The van der Waals surface area contributed by atoms with E-state index in [0.29, 0.717) is 17.0 Å². The molecule has 2 aliphatic rings. The SMILES string of the molecule is CCCCCCCCC1C=C(C2(c3ccccc3)C(=O)c3ccccc3C2=O)CC1. The van der Waals surface area contributed by atoms with Crippen LogP contribution in [0.3, 0.4) is 0 Å². The van der Waals surface area contributed by atoms with Gasteiger partial charge in [0.2, 0.25) is 0 Å². The third kappa shape index (κ3) is 3.57. The maximum atomic E-state index is 13.7. The normalized spacial score (nSPS) is 19.8. The molecule has 0 aromatic heterocycles. The van der Waals surface area contributed by atoms with E-state index in [4.69, 9.17) is 0 Å². The molecule has 0 saturated carbocycles. The summed E-state index contributed by atoms with van der Waals surface area (Å²) in [6.45, 7) is 2.25. The van der Waals surface area contributed by atoms with Crippen molar-refractivity contribution in [1.29, 1.82) is 0 Å². The van der Waals surface area contributed by atoms with Crippen molar-refractivity contribution in [3.63, 3.8) is 0 Å². The minimum absolute atomic E-state index is 0.0410. The van der Waals surface area contributed by atoms with Gasteiger partial charge in [0.25, 0.3) is 0 Å². The number of hydrogen-bond donors (Lipinski definition) is 0. The van der Waals surface area contributed by atoms with E-state index in [0.717, 1.165) is 30.4 Å². The van der Waals surface area contributed by atoms with Crippen molar-refractivity contribution in [3.05, 3.63) is 82.9 Å². The molecule has 0 bridgehead atoms. The number of rotatable bonds is 9. The van der Waals surface area contributed by atoms with Gasteiger partial charge in [-0.2, -0.15) is 0 Å². The molecule has 0 radical (unpaired) electrons. The van der Waals surface area contributed by atoms with Crippen molar-refractivity contribution in [2.24, 2.45) is 5.92 Å². The second kappa shape index (κ2) is 9.12. The molecule has 0 N–H and O–H groups in total. The third-order valence-electron chi connectivity index (χ3n) is 6.94. The van der Waals surface area contributed by atoms with Crippen molar-refractivity contribution < 1.29 is 9.59 Å². The topological polar surface area (TPSA) is 34.1 Å². The molecule has 0 aliphatic heterocycles. The molecule has 0 saturated heterocycles. The summed E-state index contributed by atoms with van der Waals surface area (Å²) >= 11 is 0. The highest BCUT2D eigenvalue weighted by molar-refractivity contribution is 6.35. The monoisotopic (exact) mass is 400 g/mol. The Balaban J connectivity index is 1.60. The predicted octanol–water partition coefficient (Wildman–Crippen LogP) is 7.09. The van der Waals surface area contributed by atoms with Crippen LogP contribution in [0.1, 0.15) is 91.0 Å². The molecule has 2 nitrogen and oxygen atoms in total. The first-order chi connectivity index (χ1) is 14.7. The molecule has 1 atom stereocenters. The number of hydrogen-bond acceptors (Lipinski definition) is 2. The highest BCUT2D eigenvalue weighted by atomic mass is 16.2. The average molecular weight is 401 g/mol. The van der Waals surface area contributed by atoms with Gasteiger partial charge in [0.15, 0.2) is 11.6 Å². The number of carbonyl (C=O) groups is 2. The second-order valence-corrected chi connectivity index (χ2v) is 8.87. The molecule has 0 fully saturated rings. The summed E-state index contributed by atoms with van der Waals surface area (Å²) in [5.74, 6) is 0.401. The van der Waals surface area contributed by atoms with E-state index in [9.17, 15) is 9.59 Å². The molecule has 156 valence electrons. The molecule has 4 rings (SSSR count). The summed E-state index contributed by atoms with van der Waals surface area (Å²) in [6.07, 6.45) is 13.1. The van der Waals surface area contributed by atoms with Gasteiger partial charge in [-0.1, -0.05) is 106 Å². The molecule has 0 amide bonds. The van der Waals surface area contributed by atoms with Gasteiger partial charge in [0, 0.05) is 11.1 Å². The molecule has 2 aliphatic carbocycles.